The van der Waals surface area contributed by atoms with Gasteiger partial charge >= 0.3 is 0 Å². The van der Waals surface area contributed by atoms with Crippen molar-refractivity contribution < 1.29 is 0 Å². The molecule has 2 fully saturated rings. The van der Waals surface area contributed by atoms with E-state index in [-0.39, 0.29) is 0 Å². The van der Waals surface area contributed by atoms with Crippen LogP contribution < -0.4 is 10.2 Å². The minimum Gasteiger partial charge on any atom is -0.353 e. The fraction of sp³-hybridized carbons (Fsp3) is 0.571. The molecule has 0 spiro atoms. The van der Waals surface area contributed by atoms with Crippen molar-refractivity contribution in [1.82, 2.24) is 20.2 Å². The van der Waals surface area contributed by atoms with Crippen LogP contribution in [0.5, 0.6) is 0 Å². The molecule has 0 unspecified atom stereocenters. The molecule has 1 N–H and O–H groups in total. The lowest BCUT2D eigenvalue weighted by Gasteiger charge is -2.43. The maximum absolute atomic E-state index is 4.54. The van der Waals surface area contributed by atoms with Crippen LogP contribution in [0, 0.1) is 6.92 Å². The molecular weight excluding hydrogens is 270 g/mol. The minimum absolute atomic E-state index is 0.756. The number of fused-ring (bicyclic) bond motifs is 1. The van der Waals surface area contributed by atoms with E-state index in [0.29, 0.717) is 0 Å². The first-order valence-electron chi connectivity index (χ1n) is 7.21. The highest BCUT2D eigenvalue weighted by Gasteiger charge is 2.28. The zero-order valence-corrected chi connectivity index (χ0v) is 12.5. The van der Waals surface area contributed by atoms with Gasteiger partial charge in [-0.15, -0.1) is 11.3 Å². The number of hydrogen-bond acceptors (Lipinski definition) is 6. The molecule has 0 saturated carbocycles. The Kier molecular flexibility index (Phi) is 3.09. The second-order valence-electron chi connectivity index (χ2n) is 5.63. The van der Waals surface area contributed by atoms with Gasteiger partial charge in [0.05, 0.1) is 10.2 Å². The highest BCUT2D eigenvalue weighted by atomic mass is 32.1. The summed E-state index contributed by atoms with van der Waals surface area (Å²) in [6, 6.07) is 0.756. The van der Waals surface area contributed by atoms with Gasteiger partial charge in [0.15, 0.2) is 0 Å². The molecule has 0 atom stereocenters. The van der Waals surface area contributed by atoms with Crippen LogP contribution >= 0.6 is 11.3 Å². The third-order valence-electron chi connectivity index (χ3n) is 4.40. The Morgan fingerprint density at radius 3 is 2.70 bits per heavy atom. The molecule has 2 aliphatic rings. The van der Waals surface area contributed by atoms with Crippen LogP contribution in [0.4, 0.5) is 5.82 Å². The number of nitrogens with zero attached hydrogens (tertiary/aromatic N) is 4. The Labute approximate surface area is 122 Å². The van der Waals surface area contributed by atoms with Gasteiger partial charge < -0.3 is 10.2 Å². The fourth-order valence-corrected chi connectivity index (χ4v) is 4.03. The SMILES string of the molecule is Cc1csc2c(N3CCN(C4CNC4)CC3)ncnc12. The third-order valence-corrected chi connectivity index (χ3v) is 5.49. The lowest BCUT2D eigenvalue weighted by Crippen LogP contribution is -2.61. The average Bonchev–Trinajstić information content (AvgIpc) is 2.80. The zero-order valence-electron chi connectivity index (χ0n) is 11.7. The lowest BCUT2D eigenvalue weighted by atomic mass is 10.1. The van der Waals surface area contributed by atoms with E-state index in [1.54, 1.807) is 17.7 Å². The van der Waals surface area contributed by atoms with Crippen molar-refractivity contribution in [1.29, 1.82) is 0 Å². The molecule has 4 heterocycles. The van der Waals surface area contributed by atoms with Crippen molar-refractivity contribution in [3.05, 3.63) is 17.3 Å². The summed E-state index contributed by atoms with van der Waals surface area (Å²) in [7, 11) is 0. The van der Waals surface area contributed by atoms with E-state index < -0.39 is 0 Å². The largest absolute Gasteiger partial charge is 0.353 e. The summed E-state index contributed by atoms with van der Waals surface area (Å²) in [5, 5.41) is 5.53. The van der Waals surface area contributed by atoms with Crippen molar-refractivity contribution in [2.45, 2.75) is 13.0 Å². The second-order valence-corrected chi connectivity index (χ2v) is 6.51. The van der Waals surface area contributed by atoms with Crippen molar-refractivity contribution in [2.75, 3.05) is 44.2 Å². The Morgan fingerprint density at radius 2 is 2.00 bits per heavy atom. The Hall–Kier alpha value is -1.24. The van der Waals surface area contributed by atoms with Gasteiger partial charge in [-0.25, -0.2) is 9.97 Å². The Bertz CT molecular complexity index is 613. The number of anilines is 1. The van der Waals surface area contributed by atoms with Gasteiger partial charge in [0.25, 0.3) is 0 Å². The number of piperazine rings is 1. The highest BCUT2D eigenvalue weighted by molar-refractivity contribution is 7.18. The third kappa shape index (κ3) is 1.99. The van der Waals surface area contributed by atoms with Gasteiger partial charge in [0.2, 0.25) is 0 Å². The van der Waals surface area contributed by atoms with Crippen molar-refractivity contribution >= 4 is 27.4 Å². The summed E-state index contributed by atoms with van der Waals surface area (Å²) in [6.07, 6.45) is 1.71. The smallest absolute Gasteiger partial charge is 0.150 e. The summed E-state index contributed by atoms with van der Waals surface area (Å²) in [5.74, 6) is 1.12. The first-order valence-corrected chi connectivity index (χ1v) is 8.09. The summed E-state index contributed by atoms with van der Waals surface area (Å²) in [4.78, 5) is 14.0. The molecule has 0 bridgehead atoms. The molecule has 106 valence electrons. The monoisotopic (exact) mass is 289 g/mol. The summed E-state index contributed by atoms with van der Waals surface area (Å²) >= 11 is 1.77. The molecule has 0 amide bonds. The molecule has 2 aliphatic heterocycles. The Balaban J connectivity index is 1.55. The predicted molar refractivity (Wildman–Crippen MR) is 82.6 cm³/mol. The molecule has 5 nitrogen and oxygen atoms in total. The van der Waals surface area contributed by atoms with E-state index in [2.05, 4.69) is 37.4 Å². The predicted octanol–water partition coefficient (Wildman–Crippen LogP) is 1.09. The van der Waals surface area contributed by atoms with Crippen molar-refractivity contribution in [3.63, 3.8) is 0 Å². The highest BCUT2D eigenvalue weighted by Crippen LogP contribution is 2.31. The first-order chi connectivity index (χ1) is 9.83. The van der Waals surface area contributed by atoms with Crippen LogP contribution in [0.1, 0.15) is 5.56 Å². The number of thiophene rings is 1. The van der Waals surface area contributed by atoms with Crippen LogP contribution in [0.25, 0.3) is 10.2 Å². The molecule has 0 aliphatic carbocycles. The van der Waals surface area contributed by atoms with Gasteiger partial charge in [0, 0.05) is 45.3 Å². The van der Waals surface area contributed by atoms with E-state index in [1.807, 2.05) is 0 Å². The molecule has 2 saturated heterocycles. The minimum atomic E-state index is 0.756. The lowest BCUT2D eigenvalue weighted by molar-refractivity contribution is 0.138. The van der Waals surface area contributed by atoms with Gasteiger partial charge in [-0.05, 0) is 17.9 Å². The summed E-state index contributed by atoms with van der Waals surface area (Å²) < 4.78 is 1.24. The van der Waals surface area contributed by atoms with E-state index in [9.17, 15) is 0 Å². The van der Waals surface area contributed by atoms with E-state index in [4.69, 9.17) is 0 Å². The van der Waals surface area contributed by atoms with E-state index >= 15 is 0 Å². The van der Waals surface area contributed by atoms with E-state index in [0.717, 1.165) is 56.6 Å². The molecule has 2 aromatic rings. The number of nitrogens with one attached hydrogen (secondary N) is 1. The summed E-state index contributed by atoms with van der Waals surface area (Å²) in [6.45, 7) is 8.85. The number of hydrogen-bond donors (Lipinski definition) is 1. The standard InChI is InChI=1S/C14H19N5S/c1-10-8-20-13-12(10)16-9-17-14(13)19-4-2-18(3-5-19)11-6-15-7-11/h8-9,11,15H,2-7H2,1H3. The second kappa shape index (κ2) is 4.95. The van der Waals surface area contributed by atoms with E-state index in [1.165, 1.54) is 10.3 Å². The molecule has 4 rings (SSSR count). The Morgan fingerprint density at radius 1 is 1.20 bits per heavy atom. The van der Waals surface area contributed by atoms with Crippen LogP contribution in [0.15, 0.2) is 11.7 Å². The van der Waals surface area contributed by atoms with Gasteiger partial charge in [0.1, 0.15) is 12.1 Å². The topological polar surface area (TPSA) is 44.3 Å². The molecule has 6 heteroatoms. The molecular formula is C14H19N5S. The van der Waals surface area contributed by atoms with Gasteiger partial charge in [-0.2, -0.15) is 0 Å². The number of aromatic nitrogens is 2. The quantitative estimate of drug-likeness (QED) is 0.897. The average molecular weight is 289 g/mol. The van der Waals surface area contributed by atoms with Gasteiger partial charge in [-0.1, -0.05) is 0 Å². The normalized spacial score (nSPS) is 21.4. The van der Waals surface area contributed by atoms with Crippen molar-refractivity contribution in [3.8, 4) is 0 Å². The van der Waals surface area contributed by atoms with Crippen LogP contribution in [-0.2, 0) is 0 Å². The van der Waals surface area contributed by atoms with Crippen molar-refractivity contribution in [2.24, 2.45) is 0 Å². The molecule has 20 heavy (non-hydrogen) atoms. The first kappa shape index (κ1) is 12.5. The van der Waals surface area contributed by atoms with Crippen LogP contribution in [-0.4, -0.2) is 60.2 Å². The maximum atomic E-state index is 4.54. The molecule has 0 radical (unpaired) electrons. The number of aryl methyl sites for hydroxylation is 1. The molecule has 2 aromatic heterocycles. The van der Waals surface area contributed by atoms with Crippen LogP contribution in [0.3, 0.4) is 0 Å². The van der Waals surface area contributed by atoms with Crippen LogP contribution in [0.2, 0.25) is 0 Å². The maximum Gasteiger partial charge on any atom is 0.150 e. The van der Waals surface area contributed by atoms with Gasteiger partial charge in [-0.3, -0.25) is 4.90 Å². The summed E-state index contributed by atoms with van der Waals surface area (Å²) in [5.41, 5.74) is 2.37. The molecule has 0 aromatic carbocycles. The fourth-order valence-electron chi connectivity index (χ4n) is 3.01. The zero-order chi connectivity index (χ0) is 13.5. The number of rotatable bonds is 2.